The number of carboxylic acid groups (broad SMARTS) is 1. The molecule has 0 amide bonds. The Morgan fingerprint density at radius 1 is 1.43 bits per heavy atom. The van der Waals surface area contributed by atoms with Gasteiger partial charge in [0.1, 0.15) is 0 Å². The van der Waals surface area contributed by atoms with Crippen LogP contribution >= 0.6 is 12.4 Å². The van der Waals surface area contributed by atoms with E-state index in [2.05, 4.69) is 4.98 Å². The summed E-state index contributed by atoms with van der Waals surface area (Å²) >= 11 is 0. The largest absolute Gasteiger partial charge is 0.478 e. The zero-order valence-electron chi connectivity index (χ0n) is 6.58. The van der Waals surface area contributed by atoms with Gasteiger partial charge in [-0.1, -0.05) is 0 Å². The van der Waals surface area contributed by atoms with Crippen molar-refractivity contribution in [2.45, 2.75) is 6.18 Å². The Bertz CT molecular complexity index is 340. The maximum absolute atomic E-state index is 12.1. The first-order valence-electron chi connectivity index (χ1n) is 3.17. The van der Waals surface area contributed by atoms with Gasteiger partial charge in [-0.15, -0.1) is 12.4 Å². The number of halogens is 4. The van der Waals surface area contributed by atoms with Crippen molar-refractivity contribution >= 4 is 18.4 Å². The molecule has 7 heteroatoms. The maximum Gasteiger partial charge on any atom is 0.418 e. The quantitative estimate of drug-likeness (QED) is 0.800. The van der Waals surface area contributed by atoms with Gasteiger partial charge >= 0.3 is 12.1 Å². The maximum atomic E-state index is 12.1. The fourth-order valence-corrected chi connectivity index (χ4v) is 0.807. The Labute approximate surface area is 83.0 Å². The summed E-state index contributed by atoms with van der Waals surface area (Å²) in [7, 11) is 0. The highest BCUT2D eigenvalue weighted by molar-refractivity contribution is 5.89. The van der Waals surface area contributed by atoms with Crippen molar-refractivity contribution in [3.8, 4) is 0 Å². The number of carbonyl (C=O) groups is 1. The molecule has 0 fully saturated rings. The van der Waals surface area contributed by atoms with Crippen molar-refractivity contribution in [3.05, 3.63) is 29.6 Å². The first-order chi connectivity index (χ1) is 5.93. The molecule has 1 aromatic heterocycles. The van der Waals surface area contributed by atoms with E-state index in [1.54, 1.807) is 0 Å². The standard InChI is InChI=1S/C7H4F3NO2.ClH/c8-7(9,10)5-3-11-2-1-4(5)6(12)13;/h1-3H,(H,12,13);1H. The molecule has 3 nitrogen and oxygen atoms in total. The van der Waals surface area contributed by atoms with Crippen LogP contribution in [-0.2, 0) is 6.18 Å². The number of rotatable bonds is 1. The van der Waals surface area contributed by atoms with Crippen LogP contribution in [0.4, 0.5) is 13.2 Å². The van der Waals surface area contributed by atoms with Gasteiger partial charge in [0.05, 0.1) is 11.1 Å². The van der Waals surface area contributed by atoms with Gasteiger partial charge in [0.2, 0.25) is 0 Å². The molecule has 1 heterocycles. The zero-order chi connectivity index (χ0) is 10.1. The lowest BCUT2D eigenvalue weighted by atomic mass is 10.1. The van der Waals surface area contributed by atoms with E-state index in [0.717, 1.165) is 12.3 Å². The zero-order valence-corrected chi connectivity index (χ0v) is 7.39. The van der Waals surface area contributed by atoms with Crippen LogP contribution in [0.25, 0.3) is 0 Å². The Morgan fingerprint density at radius 3 is 2.36 bits per heavy atom. The number of aromatic carboxylic acids is 1. The van der Waals surface area contributed by atoms with Crippen LogP contribution in [0.5, 0.6) is 0 Å². The average Bonchev–Trinajstić information content (AvgIpc) is 2.03. The first kappa shape index (κ1) is 12.7. The summed E-state index contributed by atoms with van der Waals surface area (Å²) in [4.78, 5) is 13.6. The number of hydrogen-bond acceptors (Lipinski definition) is 2. The topological polar surface area (TPSA) is 50.2 Å². The molecule has 0 atom stereocenters. The lowest BCUT2D eigenvalue weighted by molar-refractivity contribution is -0.138. The predicted octanol–water partition coefficient (Wildman–Crippen LogP) is 2.22. The van der Waals surface area contributed by atoms with Crippen LogP contribution in [0.3, 0.4) is 0 Å². The van der Waals surface area contributed by atoms with Crippen LogP contribution in [0.2, 0.25) is 0 Å². The van der Waals surface area contributed by atoms with Crippen LogP contribution < -0.4 is 0 Å². The Morgan fingerprint density at radius 2 is 2.00 bits per heavy atom. The van der Waals surface area contributed by atoms with Gasteiger partial charge in [0.15, 0.2) is 0 Å². The van der Waals surface area contributed by atoms with Crippen molar-refractivity contribution in [2.24, 2.45) is 0 Å². The third kappa shape index (κ3) is 2.59. The molecular formula is C7H5ClF3NO2. The van der Waals surface area contributed by atoms with Crippen LogP contribution in [0, 0.1) is 0 Å². The molecule has 78 valence electrons. The Kier molecular flexibility index (Phi) is 3.88. The highest BCUT2D eigenvalue weighted by Crippen LogP contribution is 2.30. The normalized spacial score (nSPS) is 10.5. The average molecular weight is 228 g/mol. The van der Waals surface area contributed by atoms with E-state index >= 15 is 0 Å². The van der Waals surface area contributed by atoms with Gasteiger partial charge in [-0.2, -0.15) is 13.2 Å². The van der Waals surface area contributed by atoms with Crippen LogP contribution in [0.1, 0.15) is 15.9 Å². The number of pyridine rings is 1. The molecule has 0 radical (unpaired) electrons. The summed E-state index contributed by atoms with van der Waals surface area (Å²) in [6.07, 6.45) is -3.19. The summed E-state index contributed by atoms with van der Waals surface area (Å²) in [6, 6.07) is 0.811. The molecule has 0 aliphatic heterocycles. The second-order valence-corrected chi connectivity index (χ2v) is 2.22. The predicted molar refractivity (Wildman–Crippen MR) is 43.4 cm³/mol. The van der Waals surface area contributed by atoms with Crippen LogP contribution in [-0.4, -0.2) is 16.1 Å². The highest BCUT2D eigenvalue weighted by Gasteiger charge is 2.35. The third-order valence-electron chi connectivity index (χ3n) is 1.36. The van der Waals surface area contributed by atoms with E-state index in [0.29, 0.717) is 6.20 Å². The van der Waals surface area contributed by atoms with Crippen molar-refractivity contribution in [3.63, 3.8) is 0 Å². The summed E-state index contributed by atoms with van der Waals surface area (Å²) in [6.45, 7) is 0. The van der Waals surface area contributed by atoms with E-state index in [-0.39, 0.29) is 12.4 Å². The molecule has 0 unspecified atom stereocenters. The summed E-state index contributed by atoms with van der Waals surface area (Å²) < 4.78 is 36.3. The number of alkyl halides is 3. The molecular weight excluding hydrogens is 223 g/mol. The van der Waals surface area contributed by atoms with Crippen molar-refractivity contribution in [1.29, 1.82) is 0 Å². The second-order valence-electron chi connectivity index (χ2n) is 2.22. The molecule has 1 N–H and O–H groups in total. The van der Waals surface area contributed by atoms with Crippen LogP contribution in [0.15, 0.2) is 18.5 Å². The fraction of sp³-hybridized carbons (Fsp3) is 0.143. The summed E-state index contributed by atoms with van der Waals surface area (Å²) in [5.74, 6) is -1.62. The monoisotopic (exact) mass is 227 g/mol. The highest BCUT2D eigenvalue weighted by atomic mass is 35.5. The fourth-order valence-electron chi connectivity index (χ4n) is 0.807. The smallest absolute Gasteiger partial charge is 0.418 e. The minimum absolute atomic E-state index is 0. The second kappa shape index (κ2) is 4.28. The van der Waals surface area contributed by atoms with E-state index in [1.807, 2.05) is 0 Å². The number of hydrogen-bond donors (Lipinski definition) is 1. The Balaban J connectivity index is 0.00000169. The first-order valence-corrected chi connectivity index (χ1v) is 3.17. The molecule has 0 aliphatic rings. The van der Waals surface area contributed by atoms with Gasteiger partial charge in [-0.3, -0.25) is 4.98 Å². The molecule has 1 aromatic rings. The van der Waals surface area contributed by atoms with E-state index < -0.39 is 23.3 Å². The third-order valence-corrected chi connectivity index (χ3v) is 1.36. The van der Waals surface area contributed by atoms with Gasteiger partial charge in [-0.05, 0) is 6.07 Å². The summed E-state index contributed by atoms with van der Waals surface area (Å²) in [5.41, 5.74) is -2.02. The molecule has 0 spiro atoms. The Hall–Kier alpha value is -1.30. The van der Waals surface area contributed by atoms with Gasteiger partial charge in [0, 0.05) is 12.4 Å². The molecule has 0 aromatic carbocycles. The van der Waals surface area contributed by atoms with E-state index in [4.69, 9.17) is 5.11 Å². The number of carboxylic acids is 1. The van der Waals surface area contributed by atoms with Gasteiger partial charge < -0.3 is 5.11 Å². The van der Waals surface area contributed by atoms with Crippen molar-refractivity contribution in [2.75, 3.05) is 0 Å². The van der Waals surface area contributed by atoms with Crippen molar-refractivity contribution in [1.82, 2.24) is 4.98 Å². The van der Waals surface area contributed by atoms with Gasteiger partial charge in [0.25, 0.3) is 0 Å². The van der Waals surface area contributed by atoms with E-state index in [1.165, 1.54) is 0 Å². The number of nitrogens with zero attached hydrogens (tertiary/aromatic N) is 1. The lowest BCUT2D eigenvalue weighted by Crippen LogP contribution is -2.12. The minimum atomic E-state index is -4.68. The van der Waals surface area contributed by atoms with E-state index in [9.17, 15) is 18.0 Å². The summed E-state index contributed by atoms with van der Waals surface area (Å²) in [5, 5.41) is 8.40. The SMILES string of the molecule is Cl.O=C(O)c1ccncc1C(F)(F)F. The lowest BCUT2D eigenvalue weighted by Gasteiger charge is -2.07. The molecule has 0 aliphatic carbocycles. The molecule has 0 bridgehead atoms. The molecule has 14 heavy (non-hydrogen) atoms. The minimum Gasteiger partial charge on any atom is -0.478 e. The molecule has 0 saturated heterocycles. The molecule has 1 rings (SSSR count). The molecule has 0 saturated carbocycles. The van der Waals surface area contributed by atoms with Gasteiger partial charge in [-0.25, -0.2) is 4.79 Å². The number of aromatic nitrogens is 1. The van der Waals surface area contributed by atoms with Crippen molar-refractivity contribution < 1.29 is 23.1 Å².